The second-order valence-electron chi connectivity index (χ2n) is 6.81. The number of allylic oxidation sites excluding steroid dienone is 2. The van der Waals surface area contributed by atoms with E-state index < -0.39 is 0 Å². The highest BCUT2D eigenvalue weighted by Gasteiger charge is 2.23. The quantitative estimate of drug-likeness (QED) is 0.533. The van der Waals surface area contributed by atoms with Gasteiger partial charge in [-0.15, -0.1) is 0 Å². The fraction of sp³-hybridized carbons (Fsp3) is 0.889. The molecule has 2 bridgehead atoms. The van der Waals surface area contributed by atoms with Gasteiger partial charge in [0.05, 0.1) is 11.9 Å². The average Bonchev–Trinajstić information content (AvgIpc) is 2.50. The van der Waals surface area contributed by atoms with Gasteiger partial charge in [0.25, 0.3) is 0 Å². The molecule has 1 saturated heterocycles. The van der Waals surface area contributed by atoms with Gasteiger partial charge in [-0.3, -0.25) is 0 Å². The highest BCUT2D eigenvalue weighted by molar-refractivity contribution is 5.01. The Balaban J connectivity index is 1.97. The third-order valence-corrected chi connectivity index (χ3v) is 5.00. The predicted octanol–water partition coefficient (Wildman–Crippen LogP) is 5.85. The van der Waals surface area contributed by atoms with Crippen molar-refractivity contribution >= 4 is 0 Å². The molecule has 1 fully saturated rings. The van der Waals surface area contributed by atoms with E-state index in [1.807, 2.05) is 0 Å². The Morgan fingerprint density at radius 3 is 2.26 bits per heavy atom. The van der Waals surface area contributed by atoms with E-state index >= 15 is 0 Å². The summed E-state index contributed by atoms with van der Waals surface area (Å²) in [5, 5.41) is 0. The van der Waals surface area contributed by atoms with Gasteiger partial charge in [-0.2, -0.15) is 0 Å². The largest absolute Gasteiger partial charge is 0.495 e. The fourth-order valence-electron chi connectivity index (χ4n) is 3.44. The van der Waals surface area contributed by atoms with Crippen LogP contribution in [0.4, 0.5) is 0 Å². The minimum Gasteiger partial charge on any atom is -0.495 e. The highest BCUT2D eigenvalue weighted by Crippen LogP contribution is 2.31. The zero-order chi connectivity index (χ0) is 13.5. The summed E-state index contributed by atoms with van der Waals surface area (Å²) >= 11 is 0. The monoisotopic (exact) mass is 264 g/mol. The molecule has 0 radical (unpaired) electrons. The molecule has 0 aliphatic carbocycles. The molecule has 3 unspecified atom stereocenters. The summed E-state index contributed by atoms with van der Waals surface area (Å²) in [4.78, 5) is 0. The van der Waals surface area contributed by atoms with Gasteiger partial charge in [-0.05, 0) is 43.6 Å². The van der Waals surface area contributed by atoms with E-state index in [0.717, 1.165) is 5.92 Å². The lowest BCUT2D eigenvalue weighted by atomic mass is 9.89. The summed E-state index contributed by atoms with van der Waals surface area (Å²) in [6.07, 6.45) is 17.8. The first kappa shape index (κ1) is 14.9. The molecule has 0 aromatic rings. The smallest absolute Gasteiger partial charge is 0.0985 e. The first-order valence-electron chi connectivity index (χ1n) is 8.63. The Morgan fingerprint density at radius 1 is 0.895 bits per heavy atom. The SMILES string of the molecule is CC1C=C2CCCCCCCCCCC(CC1C)O2. The van der Waals surface area contributed by atoms with Gasteiger partial charge in [0.1, 0.15) is 0 Å². The number of fused-ring (bicyclic) bond motifs is 2. The fourth-order valence-corrected chi connectivity index (χ4v) is 3.44. The van der Waals surface area contributed by atoms with E-state index in [0.29, 0.717) is 12.0 Å². The predicted molar refractivity (Wildman–Crippen MR) is 82.1 cm³/mol. The molecule has 2 rings (SSSR count). The van der Waals surface area contributed by atoms with Crippen LogP contribution in [0.3, 0.4) is 0 Å². The molecule has 2 heterocycles. The third-order valence-electron chi connectivity index (χ3n) is 5.00. The Labute approximate surface area is 119 Å². The number of hydrogen-bond donors (Lipinski definition) is 0. The minimum absolute atomic E-state index is 0.493. The third kappa shape index (κ3) is 5.20. The normalized spacial score (nSPS) is 34.8. The molecule has 0 aromatic carbocycles. The van der Waals surface area contributed by atoms with Gasteiger partial charge in [-0.25, -0.2) is 0 Å². The molecule has 0 saturated carbocycles. The molecule has 2 aliphatic rings. The van der Waals surface area contributed by atoms with E-state index in [1.165, 1.54) is 76.4 Å². The molecule has 1 heteroatoms. The van der Waals surface area contributed by atoms with Crippen molar-refractivity contribution in [3.8, 4) is 0 Å². The second-order valence-corrected chi connectivity index (χ2v) is 6.81. The Morgan fingerprint density at radius 2 is 1.53 bits per heavy atom. The summed E-state index contributed by atoms with van der Waals surface area (Å²) < 4.78 is 6.33. The van der Waals surface area contributed by atoms with Crippen LogP contribution in [0, 0.1) is 11.8 Å². The average molecular weight is 264 g/mol. The Hall–Kier alpha value is -0.460. The number of hydrogen-bond acceptors (Lipinski definition) is 1. The highest BCUT2D eigenvalue weighted by atomic mass is 16.5. The van der Waals surface area contributed by atoms with Gasteiger partial charge in [0.15, 0.2) is 0 Å². The summed E-state index contributed by atoms with van der Waals surface area (Å²) in [6.45, 7) is 4.75. The maximum atomic E-state index is 6.33. The van der Waals surface area contributed by atoms with Crippen LogP contribution in [0.1, 0.15) is 84.5 Å². The van der Waals surface area contributed by atoms with Crippen molar-refractivity contribution < 1.29 is 4.74 Å². The summed E-state index contributed by atoms with van der Waals surface area (Å²) in [7, 11) is 0. The Bertz CT molecular complexity index is 281. The lowest BCUT2D eigenvalue weighted by molar-refractivity contribution is 0.0853. The van der Waals surface area contributed by atoms with E-state index in [9.17, 15) is 0 Å². The molecule has 19 heavy (non-hydrogen) atoms. The molecule has 1 nitrogen and oxygen atoms in total. The van der Waals surface area contributed by atoms with Gasteiger partial charge in [0.2, 0.25) is 0 Å². The second kappa shape index (κ2) is 7.97. The minimum atomic E-state index is 0.493. The molecule has 0 spiro atoms. The molecule has 0 amide bonds. The van der Waals surface area contributed by atoms with Gasteiger partial charge in [-0.1, -0.05) is 52.4 Å². The van der Waals surface area contributed by atoms with E-state index in [2.05, 4.69) is 19.9 Å². The summed E-state index contributed by atoms with van der Waals surface area (Å²) in [5.41, 5.74) is 0. The van der Waals surface area contributed by atoms with Crippen molar-refractivity contribution in [3.63, 3.8) is 0 Å². The van der Waals surface area contributed by atoms with Crippen LogP contribution in [0.15, 0.2) is 11.8 Å². The maximum Gasteiger partial charge on any atom is 0.0985 e. The van der Waals surface area contributed by atoms with Crippen LogP contribution in [0.25, 0.3) is 0 Å². The molecular weight excluding hydrogens is 232 g/mol. The van der Waals surface area contributed by atoms with Gasteiger partial charge >= 0.3 is 0 Å². The summed E-state index contributed by atoms with van der Waals surface area (Å²) in [6, 6.07) is 0. The van der Waals surface area contributed by atoms with Crippen molar-refractivity contribution in [2.75, 3.05) is 0 Å². The Kier molecular flexibility index (Phi) is 6.26. The van der Waals surface area contributed by atoms with E-state index in [4.69, 9.17) is 4.74 Å². The zero-order valence-electron chi connectivity index (χ0n) is 13.0. The lowest BCUT2D eigenvalue weighted by Crippen LogP contribution is -2.16. The van der Waals surface area contributed by atoms with Crippen LogP contribution in [-0.2, 0) is 4.74 Å². The number of ether oxygens (including phenoxy) is 1. The van der Waals surface area contributed by atoms with Crippen LogP contribution in [0.5, 0.6) is 0 Å². The van der Waals surface area contributed by atoms with Crippen molar-refractivity contribution in [2.45, 2.75) is 90.6 Å². The molecule has 2 aliphatic heterocycles. The first-order valence-corrected chi connectivity index (χ1v) is 8.63. The lowest BCUT2D eigenvalue weighted by Gasteiger charge is -2.21. The van der Waals surface area contributed by atoms with E-state index in [1.54, 1.807) is 0 Å². The first-order chi connectivity index (χ1) is 9.25. The van der Waals surface area contributed by atoms with Gasteiger partial charge < -0.3 is 4.74 Å². The molecule has 110 valence electrons. The number of rotatable bonds is 0. The van der Waals surface area contributed by atoms with E-state index in [-0.39, 0.29) is 0 Å². The van der Waals surface area contributed by atoms with Crippen molar-refractivity contribution in [1.29, 1.82) is 0 Å². The van der Waals surface area contributed by atoms with Crippen LogP contribution >= 0.6 is 0 Å². The molecule has 0 N–H and O–H groups in total. The molecule has 0 aromatic heterocycles. The maximum absolute atomic E-state index is 6.33. The van der Waals surface area contributed by atoms with Crippen molar-refractivity contribution in [1.82, 2.24) is 0 Å². The molecular formula is C18H32O. The summed E-state index contributed by atoms with van der Waals surface area (Å²) in [5.74, 6) is 2.77. The van der Waals surface area contributed by atoms with Crippen molar-refractivity contribution in [2.24, 2.45) is 11.8 Å². The topological polar surface area (TPSA) is 9.23 Å². The standard InChI is InChI=1S/C18H32O/c1-15-13-17-11-9-7-5-3-4-6-8-10-12-18(19-17)14-16(15)2/h13,15-16,18H,3-12,14H2,1-2H3. The van der Waals surface area contributed by atoms with Crippen LogP contribution < -0.4 is 0 Å². The van der Waals surface area contributed by atoms with Gasteiger partial charge in [0, 0.05) is 6.42 Å². The van der Waals surface area contributed by atoms with Crippen molar-refractivity contribution in [3.05, 3.63) is 11.8 Å². The zero-order valence-corrected chi connectivity index (χ0v) is 13.0. The van der Waals surface area contributed by atoms with Crippen LogP contribution in [0.2, 0.25) is 0 Å². The molecule has 3 atom stereocenters. The van der Waals surface area contributed by atoms with Crippen LogP contribution in [-0.4, -0.2) is 6.10 Å².